The van der Waals surface area contributed by atoms with Crippen molar-refractivity contribution in [2.45, 2.75) is 12.8 Å². The van der Waals surface area contributed by atoms with Crippen LogP contribution in [0.3, 0.4) is 0 Å². The molecule has 2 unspecified atom stereocenters. The minimum atomic E-state index is -0.825. The van der Waals surface area contributed by atoms with Gasteiger partial charge in [-0.05, 0) is 23.6 Å². The lowest BCUT2D eigenvalue weighted by Crippen LogP contribution is -1.96. The van der Waals surface area contributed by atoms with E-state index in [1.165, 1.54) is 0 Å². The van der Waals surface area contributed by atoms with E-state index in [1.807, 2.05) is 31.2 Å². The smallest absolute Gasteiger partial charge is 0.154 e. The van der Waals surface area contributed by atoms with Gasteiger partial charge >= 0.3 is 0 Å². The fraction of sp³-hybridized carbons (Fsp3) is 0.385. The summed E-state index contributed by atoms with van der Waals surface area (Å²) in [7, 11) is 1.61. The molecule has 3 heteroatoms. The SMILES string of the molecule is COc1ccc(C2C(C)C2(C#N)C#N)cc1. The van der Waals surface area contributed by atoms with E-state index in [0.29, 0.717) is 0 Å². The van der Waals surface area contributed by atoms with E-state index < -0.39 is 5.41 Å². The molecule has 0 saturated heterocycles. The average molecular weight is 212 g/mol. The predicted molar refractivity (Wildman–Crippen MR) is 58.6 cm³/mol. The first kappa shape index (κ1) is 10.5. The maximum atomic E-state index is 9.06. The zero-order valence-electron chi connectivity index (χ0n) is 9.27. The number of hydrogen-bond donors (Lipinski definition) is 0. The Morgan fingerprint density at radius 3 is 2.12 bits per heavy atom. The van der Waals surface area contributed by atoms with Crippen LogP contribution in [0.5, 0.6) is 5.75 Å². The van der Waals surface area contributed by atoms with Gasteiger partial charge in [0.15, 0.2) is 5.41 Å². The molecule has 16 heavy (non-hydrogen) atoms. The standard InChI is InChI=1S/C13H12N2O/c1-9-12(13(9,7-14)8-15)10-3-5-11(16-2)6-4-10/h3-6,9,12H,1-2H3. The van der Waals surface area contributed by atoms with Gasteiger partial charge in [-0.15, -0.1) is 0 Å². The van der Waals surface area contributed by atoms with Crippen molar-refractivity contribution in [3.8, 4) is 17.9 Å². The summed E-state index contributed by atoms with van der Waals surface area (Å²) in [5, 5.41) is 18.1. The number of nitriles is 2. The predicted octanol–water partition coefficient (Wildman–Crippen LogP) is 2.46. The Morgan fingerprint density at radius 2 is 1.75 bits per heavy atom. The second-order valence-electron chi connectivity index (χ2n) is 4.13. The van der Waals surface area contributed by atoms with E-state index >= 15 is 0 Å². The summed E-state index contributed by atoms with van der Waals surface area (Å²) in [5.41, 5.74) is 0.214. The molecule has 2 rings (SSSR count). The van der Waals surface area contributed by atoms with Gasteiger partial charge in [0, 0.05) is 5.92 Å². The molecule has 3 nitrogen and oxygen atoms in total. The fourth-order valence-electron chi connectivity index (χ4n) is 2.29. The van der Waals surface area contributed by atoms with Crippen molar-refractivity contribution in [2.24, 2.45) is 11.3 Å². The molecule has 0 bridgehead atoms. The van der Waals surface area contributed by atoms with E-state index in [9.17, 15) is 0 Å². The van der Waals surface area contributed by atoms with Gasteiger partial charge < -0.3 is 4.74 Å². The van der Waals surface area contributed by atoms with Crippen LogP contribution in [0.2, 0.25) is 0 Å². The largest absolute Gasteiger partial charge is 0.497 e. The number of rotatable bonds is 2. The maximum absolute atomic E-state index is 9.06. The van der Waals surface area contributed by atoms with E-state index in [1.54, 1.807) is 7.11 Å². The molecule has 1 fully saturated rings. The van der Waals surface area contributed by atoms with Gasteiger partial charge in [-0.25, -0.2) is 0 Å². The zero-order chi connectivity index (χ0) is 11.8. The van der Waals surface area contributed by atoms with Crippen LogP contribution >= 0.6 is 0 Å². The lowest BCUT2D eigenvalue weighted by Gasteiger charge is -2.02. The number of benzene rings is 1. The highest BCUT2D eigenvalue weighted by Gasteiger charge is 2.64. The number of ether oxygens (including phenoxy) is 1. The summed E-state index contributed by atoms with van der Waals surface area (Å²) >= 11 is 0. The molecule has 2 atom stereocenters. The van der Waals surface area contributed by atoms with Crippen molar-refractivity contribution in [1.82, 2.24) is 0 Å². The van der Waals surface area contributed by atoms with Crippen LogP contribution in [0.1, 0.15) is 18.4 Å². The molecule has 80 valence electrons. The molecule has 0 spiro atoms. The molecule has 0 amide bonds. The van der Waals surface area contributed by atoms with Gasteiger partial charge in [-0.2, -0.15) is 10.5 Å². The van der Waals surface area contributed by atoms with E-state index in [2.05, 4.69) is 12.1 Å². The molecule has 0 radical (unpaired) electrons. The quantitative estimate of drug-likeness (QED) is 0.756. The molecular formula is C13H12N2O. The number of methoxy groups -OCH3 is 1. The van der Waals surface area contributed by atoms with Gasteiger partial charge in [-0.1, -0.05) is 19.1 Å². The van der Waals surface area contributed by atoms with E-state index in [0.717, 1.165) is 11.3 Å². The number of nitrogens with zero attached hydrogens (tertiary/aromatic N) is 2. The topological polar surface area (TPSA) is 56.8 Å². The first-order valence-electron chi connectivity index (χ1n) is 5.16. The van der Waals surface area contributed by atoms with Gasteiger partial charge in [0.25, 0.3) is 0 Å². The Bertz CT molecular complexity index is 464. The maximum Gasteiger partial charge on any atom is 0.154 e. The first-order valence-corrected chi connectivity index (χ1v) is 5.16. The van der Waals surface area contributed by atoms with Gasteiger partial charge in [-0.3, -0.25) is 0 Å². The molecule has 1 aliphatic carbocycles. The van der Waals surface area contributed by atoms with Crippen LogP contribution in [0, 0.1) is 34.0 Å². The summed E-state index contributed by atoms with van der Waals surface area (Å²) in [6.07, 6.45) is 0. The van der Waals surface area contributed by atoms with Crippen molar-refractivity contribution >= 4 is 0 Å². The van der Waals surface area contributed by atoms with E-state index in [4.69, 9.17) is 15.3 Å². The monoisotopic (exact) mass is 212 g/mol. The summed E-state index contributed by atoms with van der Waals surface area (Å²) in [6, 6.07) is 11.8. The molecule has 0 N–H and O–H groups in total. The van der Waals surface area contributed by atoms with Crippen LogP contribution in [0.25, 0.3) is 0 Å². The Labute approximate surface area is 94.9 Å². The molecule has 0 aromatic heterocycles. The molecule has 0 aliphatic heterocycles. The minimum Gasteiger partial charge on any atom is -0.497 e. The number of hydrogen-bond acceptors (Lipinski definition) is 3. The van der Waals surface area contributed by atoms with E-state index in [-0.39, 0.29) is 11.8 Å². The Balaban J connectivity index is 2.29. The first-order chi connectivity index (χ1) is 7.69. The molecule has 0 heterocycles. The van der Waals surface area contributed by atoms with Crippen LogP contribution in [-0.4, -0.2) is 7.11 Å². The van der Waals surface area contributed by atoms with Crippen molar-refractivity contribution < 1.29 is 4.74 Å². The van der Waals surface area contributed by atoms with Crippen LogP contribution < -0.4 is 4.74 Å². The fourth-order valence-corrected chi connectivity index (χ4v) is 2.29. The molecule has 1 aromatic carbocycles. The second-order valence-corrected chi connectivity index (χ2v) is 4.13. The third-order valence-electron chi connectivity index (χ3n) is 3.44. The average Bonchev–Trinajstić information content (AvgIpc) is 2.95. The third kappa shape index (κ3) is 1.26. The van der Waals surface area contributed by atoms with Crippen molar-refractivity contribution in [2.75, 3.05) is 7.11 Å². The Hall–Kier alpha value is -2.00. The van der Waals surface area contributed by atoms with Crippen LogP contribution in [0.15, 0.2) is 24.3 Å². The van der Waals surface area contributed by atoms with Gasteiger partial charge in [0.2, 0.25) is 0 Å². The minimum absolute atomic E-state index is 0.0356. The highest BCUT2D eigenvalue weighted by Crippen LogP contribution is 2.63. The highest BCUT2D eigenvalue weighted by atomic mass is 16.5. The lowest BCUT2D eigenvalue weighted by atomic mass is 10.0. The summed E-state index contributed by atoms with van der Waals surface area (Å²) in [5.74, 6) is 0.931. The molecular weight excluding hydrogens is 200 g/mol. The Kier molecular flexibility index (Phi) is 2.33. The highest BCUT2D eigenvalue weighted by molar-refractivity contribution is 5.45. The molecule has 1 aromatic rings. The Morgan fingerprint density at radius 1 is 1.19 bits per heavy atom. The van der Waals surface area contributed by atoms with Crippen LogP contribution in [0.4, 0.5) is 0 Å². The molecule has 1 saturated carbocycles. The third-order valence-corrected chi connectivity index (χ3v) is 3.44. The van der Waals surface area contributed by atoms with Gasteiger partial charge in [0.1, 0.15) is 5.75 Å². The second kappa shape index (κ2) is 3.54. The van der Waals surface area contributed by atoms with Crippen molar-refractivity contribution in [3.05, 3.63) is 29.8 Å². The van der Waals surface area contributed by atoms with Crippen molar-refractivity contribution in [1.29, 1.82) is 10.5 Å². The zero-order valence-corrected chi connectivity index (χ0v) is 9.27. The molecule has 1 aliphatic rings. The normalized spacial score (nSPS) is 25.2. The van der Waals surface area contributed by atoms with Crippen LogP contribution in [-0.2, 0) is 0 Å². The van der Waals surface area contributed by atoms with Crippen molar-refractivity contribution in [3.63, 3.8) is 0 Å². The summed E-state index contributed by atoms with van der Waals surface area (Å²) in [4.78, 5) is 0. The summed E-state index contributed by atoms with van der Waals surface area (Å²) < 4.78 is 5.07. The van der Waals surface area contributed by atoms with Gasteiger partial charge in [0.05, 0.1) is 19.2 Å². The lowest BCUT2D eigenvalue weighted by molar-refractivity contribution is 0.414. The summed E-state index contributed by atoms with van der Waals surface area (Å²) in [6.45, 7) is 1.95.